The number of nitrogens with one attached hydrogen (secondary N) is 1. The lowest BCUT2D eigenvalue weighted by molar-refractivity contribution is -0.141. The number of carbonyl (C=O) groups excluding carboxylic acids is 1. The molecule has 4 nitrogen and oxygen atoms in total. The lowest BCUT2D eigenvalue weighted by Gasteiger charge is -2.13. The van der Waals surface area contributed by atoms with Gasteiger partial charge in [0.15, 0.2) is 0 Å². The maximum Gasteiger partial charge on any atom is 0.308 e. The lowest BCUT2D eigenvalue weighted by atomic mass is 10.0. The third kappa shape index (κ3) is 4.05. The standard InChI is InChI=1S/C14H18FNO3/c1-3-5-10(14(18)19)8-16-13(17)11-7-4-6-9(2)12(11)15/h4,6-7,10H,3,5,8H2,1-2H3,(H,16,17)(H,18,19). The molecule has 0 saturated carbocycles. The number of halogens is 1. The van der Waals surface area contributed by atoms with Crippen molar-refractivity contribution in [1.82, 2.24) is 5.32 Å². The van der Waals surface area contributed by atoms with E-state index >= 15 is 0 Å². The molecule has 0 spiro atoms. The van der Waals surface area contributed by atoms with Gasteiger partial charge in [0.2, 0.25) is 0 Å². The number of carbonyl (C=O) groups is 2. The van der Waals surface area contributed by atoms with Gasteiger partial charge in [0.1, 0.15) is 5.82 Å². The topological polar surface area (TPSA) is 66.4 Å². The van der Waals surface area contributed by atoms with Gasteiger partial charge in [-0.3, -0.25) is 9.59 Å². The van der Waals surface area contributed by atoms with E-state index in [4.69, 9.17) is 5.11 Å². The van der Waals surface area contributed by atoms with Gasteiger partial charge in [-0.25, -0.2) is 4.39 Å². The molecule has 0 aliphatic heterocycles. The highest BCUT2D eigenvalue weighted by Crippen LogP contribution is 2.12. The number of rotatable bonds is 6. The van der Waals surface area contributed by atoms with E-state index in [1.807, 2.05) is 6.92 Å². The molecule has 0 aliphatic carbocycles. The Labute approximate surface area is 111 Å². The summed E-state index contributed by atoms with van der Waals surface area (Å²) in [5, 5.41) is 11.4. The van der Waals surface area contributed by atoms with Gasteiger partial charge in [-0.2, -0.15) is 0 Å². The summed E-state index contributed by atoms with van der Waals surface area (Å²) < 4.78 is 13.7. The average Bonchev–Trinajstić information content (AvgIpc) is 2.37. The number of carboxylic acid groups (broad SMARTS) is 1. The van der Waals surface area contributed by atoms with Gasteiger partial charge in [-0.15, -0.1) is 0 Å². The molecule has 0 heterocycles. The molecule has 1 unspecified atom stereocenters. The molecule has 0 aliphatic rings. The van der Waals surface area contributed by atoms with E-state index in [9.17, 15) is 14.0 Å². The number of hydrogen-bond donors (Lipinski definition) is 2. The van der Waals surface area contributed by atoms with E-state index in [-0.39, 0.29) is 12.1 Å². The molecule has 5 heteroatoms. The largest absolute Gasteiger partial charge is 0.481 e. The molecule has 104 valence electrons. The van der Waals surface area contributed by atoms with Crippen LogP contribution in [0.2, 0.25) is 0 Å². The Hall–Kier alpha value is -1.91. The van der Waals surface area contributed by atoms with Crippen molar-refractivity contribution in [2.75, 3.05) is 6.54 Å². The van der Waals surface area contributed by atoms with Gasteiger partial charge in [0, 0.05) is 6.54 Å². The Morgan fingerprint density at radius 1 is 1.42 bits per heavy atom. The van der Waals surface area contributed by atoms with Crippen LogP contribution in [0.1, 0.15) is 35.7 Å². The molecule has 0 radical (unpaired) electrons. The summed E-state index contributed by atoms with van der Waals surface area (Å²) in [5.41, 5.74) is 0.330. The van der Waals surface area contributed by atoms with E-state index in [0.29, 0.717) is 18.4 Å². The average molecular weight is 267 g/mol. The number of aryl methyl sites for hydroxylation is 1. The van der Waals surface area contributed by atoms with E-state index in [2.05, 4.69) is 5.32 Å². The normalized spacial score (nSPS) is 11.9. The molecule has 0 fully saturated rings. The molecule has 0 saturated heterocycles. The molecular formula is C14H18FNO3. The monoisotopic (exact) mass is 267 g/mol. The SMILES string of the molecule is CCCC(CNC(=O)c1cccc(C)c1F)C(=O)O. The van der Waals surface area contributed by atoms with Crippen LogP contribution in [0.25, 0.3) is 0 Å². The Morgan fingerprint density at radius 3 is 2.68 bits per heavy atom. The fraction of sp³-hybridized carbons (Fsp3) is 0.429. The quantitative estimate of drug-likeness (QED) is 0.831. The van der Waals surface area contributed by atoms with Crippen LogP contribution < -0.4 is 5.32 Å². The zero-order chi connectivity index (χ0) is 14.4. The van der Waals surface area contributed by atoms with Crippen LogP contribution in [0.5, 0.6) is 0 Å². The van der Waals surface area contributed by atoms with Gasteiger partial charge in [-0.1, -0.05) is 25.5 Å². The highest BCUT2D eigenvalue weighted by Gasteiger charge is 2.19. The summed E-state index contributed by atoms with van der Waals surface area (Å²) in [6.07, 6.45) is 1.19. The Balaban J connectivity index is 2.69. The Bertz CT molecular complexity index is 474. The Morgan fingerprint density at radius 2 is 2.11 bits per heavy atom. The second-order valence-corrected chi connectivity index (χ2v) is 4.47. The van der Waals surface area contributed by atoms with Crippen molar-refractivity contribution in [2.45, 2.75) is 26.7 Å². The third-order valence-electron chi connectivity index (χ3n) is 2.93. The summed E-state index contributed by atoms with van der Waals surface area (Å²) in [7, 11) is 0. The highest BCUT2D eigenvalue weighted by molar-refractivity contribution is 5.94. The number of aliphatic carboxylic acids is 1. The minimum Gasteiger partial charge on any atom is -0.481 e. The summed E-state index contributed by atoms with van der Waals surface area (Å²) >= 11 is 0. The van der Waals surface area contributed by atoms with Crippen LogP contribution in [0.3, 0.4) is 0 Å². The van der Waals surface area contributed by atoms with Crippen molar-refractivity contribution in [1.29, 1.82) is 0 Å². The smallest absolute Gasteiger partial charge is 0.308 e. The van der Waals surface area contributed by atoms with E-state index in [0.717, 1.165) is 0 Å². The number of hydrogen-bond acceptors (Lipinski definition) is 2. The molecular weight excluding hydrogens is 249 g/mol. The van der Waals surface area contributed by atoms with Gasteiger partial charge in [-0.05, 0) is 25.0 Å². The lowest BCUT2D eigenvalue weighted by Crippen LogP contribution is -2.33. The third-order valence-corrected chi connectivity index (χ3v) is 2.93. The van der Waals surface area contributed by atoms with Crippen molar-refractivity contribution in [3.8, 4) is 0 Å². The van der Waals surface area contributed by atoms with E-state index < -0.39 is 23.6 Å². The molecule has 2 N–H and O–H groups in total. The minimum atomic E-state index is -0.952. The maximum absolute atomic E-state index is 13.7. The van der Waals surface area contributed by atoms with Crippen molar-refractivity contribution in [3.63, 3.8) is 0 Å². The van der Waals surface area contributed by atoms with Gasteiger partial charge < -0.3 is 10.4 Å². The zero-order valence-corrected chi connectivity index (χ0v) is 11.1. The molecule has 0 aromatic heterocycles. The van der Waals surface area contributed by atoms with Crippen LogP contribution in [-0.2, 0) is 4.79 Å². The molecule has 1 aromatic carbocycles. The summed E-state index contributed by atoms with van der Waals surface area (Å²) in [4.78, 5) is 22.7. The Kier molecular flexibility index (Phi) is 5.48. The fourth-order valence-corrected chi connectivity index (χ4v) is 1.80. The first kappa shape index (κ1) is 15.1. The molecule has 19 heavy (non-hydrogen) atoms. The summed E-state index contributed by atoms with van der Waals surface area (Å²) in [6.45, 7) is 3.45. The van der Waals surface area contributed by atoms with E-state index in [1.165, 1.54) is 6.07 Å². The van der Waals surface area contributed by atoms with Crippen molar-refractivity contribution in [2.24, 2.45) is 5.92 Å². The number of amides is 1. The maximum atomic E-state index is 13.7. The molecule has 1 aromatic rings. The van der Waals surface area contributed by atoms with Crippen LogP contribution in [0.15, 0.2) is 18.2 Å². The summed E-state index contributed by atoms with van der Waals surface area (Å²) in [6, 6.07) is 4.55. The minimum absolute atomic E-state index is 0.00931. The fourth-order valence-electron chi connectivity index (χ4n) is 1.80. The second kappa shape index (κ2) is 6.87. The second-order valence-electron chi connectivity index (χ2n) is 4.47. The van der Waals surface area contributed by atoms with Crippen molar-refractivity contribution >= 4 is 11.9 Å². The molecule has 1 amide bonds. The van der Waals surface area contributed by atoms with Crippen LogP contribution in [-0.4, -0.2) is 23.5 Å². The van der Waals surface area contributed by atoms with Crippen LogP contribution in [0.4, 0.5) is 4.39 Å². The zero-order valence-electron chi connectivity index (χ0n) is 11.1. The predicted octanol–water partition coefficient (Wildman–Crippen LogP) is 2.36. The van der Waals surface area contributed by atoms with Gasteiger partial charge in [0.25, 0.3) is 5.91 Å². The molecule has 1 rings (SSSR count). The molecule has 1 atom stereocenters. The number of benzene rings is 1. The van der Waals surface area contributed by atoms with Crippen molar-refractivity contribution in [3.05, 3.63) is 35.1 Å². The first-order valence-electron chi connectivity index (χ1n) is 6.23. The summed E-state index contributed by atoms with van der Waals surface area (Å²) in [5.74, 6) is -2.74. The highest BCUT2D eigenvalue weighted by atomic mass is 19.1. The predicted molar refractivity (Wildman–Crippen MR) is 69.5 cm³/mol. The van der Waals surface area contributed by atoms with Crippen LogP contribution in [0, 0.1) is 18.7 Å². The van der Waals surface area contributed by atoms with Gasteiger partial charge >= 0.3 is 5.97 Å². The first-order valence-corrected chi connectivity index (χ1v) is 6.23. The van der Waals surface area contributed by atoms with Gasteiger partial charge in [0.05, 0.1) is 11.5 Å². The van der Waals surface area contributed by atoms with E-state index in [1.54, 1.807) is 19.1 Å². The van der Waals surface area contributed by atoms with Crippen LogP contribution >= 0.6 is 0 Å². The first-order chi connectivity index (χ1) is 8.97. The molecule has 0 bridgehead atoms. The van der Waals surface area contributed by atoms with Crippen molar-refractivity contribution < 1.29 is 19.1 Å². The number of carboxylic acids is 1.